The molecule has 0 radical (unpaired) electrons. The number of hydrogen-bond donors (Lipinski definition) is 2. The Morgan fingerprint density at radius 1 is 1.07 bits per heavy atom. The van der Waals surface area contributed by atoms with Crippen LogP contribution in [-0.2, 0) is 20.7 Å². The first-order valence-corrected chi connectivity index (χ1v) is 9.15. The van der Waals surface area contributed by atoms with Gasteiger partial charge in [-0.05, 0) is 43.0 Å². The summed E-state index contributed by atoms with van der Waals surface area (Å²) in [6, 6.07) is 13.4. The molecule has 2 aromatic rings. The summed E-state index contributed by atoms with van der Waals surface area (Å²) in [5.41, 5.74) is 1.34. The van der Waals surface area contributed by atoms with Crippen molar-refractivity contribution in [1.29, 1.82) is 0 Å². The van der Waals surface area contributed by atoms with Crippen molar-refractivity contribution in [3.05, 3.63) is 59.9 Å². The van der Waals surface area contributed by atoms with Crippen LogP contribution >= 0.6 is 0 Å². The van der Waals surface area contributed by atoms with Gasteiger partial charge in [0, 0.05) is 18.7 Å². The second kappa shape index (κ2) is 9.28. The molecule has 0 spiro atoms. The van der Waals surface area contributed by atoms with E-state index in [1.807, 2.05) is 30.3 Å². The van der Waals surface area contributed by atoms with Gasteiger partial charge in [-0.25, -0.2) is 4.39 Å². The minimum atomic E-state index is -0.547. The minimum Gasteiger partial charge on any atom is -0.378 e. The first-order valence-electron chi connectivity index (χ1n) is 9.15. The number of rotatable bonds is 7. The molecule has 2 N–H and O–H groups in total. The fourth-order valence-corrected chi connectivity index (χ4v) is 3.06. The molecule has 2 aromatic carbocycles. The lowest BCUT2D eigenvalue weighted by Gasteiger charge is -2.11. The number of carbonyl (C=O) groups excluding carboxylic acids is 2. The fourth-order valence-electron chi connectivity index (χ4n) is 3.06. The Kier molecular flexibility index (Phi) is 6.54. The average molecular weight is 370 g/mol. The van der Waals surface area contributed by atoms with Gasteiger partial charge >= 0.3 is 0 Å². The van der Waals surface area contributed by atoms with Crippen molar-refractivity contribution in [2.75, 3.05) is 17.2 Å². The van der Waals surface area contributed by atoms with Crippen LogP contribution in [0.25, 0.3) is 0 Å². The first kappa shape index (κ1) is 19.0. The number of carbonyl (C=O) groups is 2. The van der Waals surface area contributed by atoms with Gasteiger partial charge in [0.15, 0.2) is 0 Å². The van der Waals surface area contributed by atoms with Gasteiger partial charge in [0.1, 0.15) is 5.82 Å². The molecule has 5 nitrogen and oxygen atoms in total. The molecule has 1 aliphatic rings. The number of halogens is 1. The first-order chi connectivity index (χ1) is 13.1. The van der Waals surface area contributed by atoms with Crippen LogP contribution in [0, 0.1) is 5.82 Å². The number of amides is 2. The topological polar surface area (TPSA) is 67.4 Å². The molecule has 2 amide bonds. The van der Waals surface area contributed by atoms with E-state index in [0.29, 0.717) is 18.5 Å². The van der Waals surface area contributed by atoms with Gasteiger partial charge in [-0.2, -0.15) is 0 Å². The van der Waals surface area contributed by atoms with Crippen LogP contribution in [0.15, 0.2) is 48.5 Å². The molecule has 0 aromatic heterocycles. The van der Waals surface area contributed by atoms with E-state index < -0.39 is 5.82 Å². The van der Waals surface area contributed by atoms with Crippen LogP contribution < -0.4 is 10.6 Å². The highest BCUT2D eigenvalue weighted by Crippen LogP contribution is 2.21. The van der Waals surface area contributed by atoms with Crippen molar-refractivity contribution >= 4 is 23.2 Å². The van der Waals surface area contributed by atoms with Crippen LogP contribution in [0.1, 0.15) is 31.2 Å². The molecule has 1 saturated heterocycles. The summed E-state index contributed by atoms with van der Waals surface area (Å²) in [7, 11) is 0. The maximum atomic E-state index is 14.0. The molecule has 1 unspecified atom stereocenters. The molecule has 1 heterocycles. The number of anilines is 2. The molecule has 1 aliphatic heterocycles. The fraction of sp³-hybridized carbons (Fsp3) is 0.333. The van der Waals surface area contributed by atoms with Gasteiger partial charge < -0.3 is 15.4 Å². The van der Waals surface area contributed by atoms with E-state index in [4.69, 9.17) is 4.74 Å². The average Bonchev–Trinajstić information content (AvgIpc) is 3.17. The highest BCUT2D eigenvalue weighted by molar-refractivity contribution is 5.95. The summed E-state index contributed by atoms with van der Waals surface area (Å²) in [4.78, 5) is 24.2. The van der Waals surface area contributed by atoms with Gasteiger partial charge in [0.2, 0.25) is 11.8 Å². The van der Waals surface area contributed by atoms with Crippen molar-refractivity contribution in [3.8, 4) is 0 Å². The SMILES string of the molecule is O=C(CCC1CCCO1)Nc1ccc(F)c(NC(=O)Cc2ccccc2)c1. The zero-order chi connectivity index (χ0) is 19.1. The lowest BCUT2D eigenvalue weighted by atomic mass is 10.1. The van der Waals surface area contributed by atoms with Crippen LogP contribution in [0.2, 0.25) is 0 Å². The van der Waals surface area contributed by atoms with E-state index in [-0.39, 0.29) is 30.0 Å². The molecule has 3 rings (SSSR count). The maximum Gasteiger partial charge on any atom is 0.228 e. The van der Waals surface area contributed by atoms with Crippen LogP contribution in [0.5, 0.6) is 0 Å². The number of hydrogen-bond acceptors (Lipinski definition) is 3. The molecular weight excluding hydrogens is 347 g/mol. The molecule has 0 aliphatic carbocycles. The predicted octanol–water partition coefficient (Wildman–Crippen LogP) is 3.90. The van der Waals surface area contributed by atoms with Gasteiger partial charge in [0.25, 0.3) is 0 Å². The van der Waals surface area contributed by atoms with Crippen molar-refractivity contribution in [3.63, 3.8) is 0 Å². The zero-order valence-electron chi connectivity index (χ0n) is 15.0. The van der Waals surface area contributed by atoms with E-state index in [9.17, 15) is 14.0 Å². The van der Waals surface area contributed by atoms with E-state index in [0.717, 1.165) is 25.0 Å². The van der Waals surface area contributed by atoms with Gasteiger partial charge in [-0.15, -0.1) is 0 Å². The Morgan fingerprint density at radius 2 is 1.89 bits per heavy atom. The molecule has 1 fully saturated rings. The summed E-state index contributed by atoms with van der Waals surface area (Å²) in [6.45, 7) is 0.760. The third kappa shape index (κ3) is 5.89. The number of nitrogens with one attached hydrogen (secondary N) is 2. The van der Waals surface area contributed by atoms with Crippen LogP contribution in [-0.4, -0.2) is 24.5 Å². The highest BCUT2D eigenvalue weighted by Gasteiger charge is 2.17. The predicted molar refractivity (Wildman–Crippen MR) is 102 cm³/mol. The standard InChI is InChI=1S/C21H23FN2O3/c22-18-10-8-16(23-20(25)11-9-17-7-4-12-27-17)14-19(18)24-21(26)13-15-5-2-1-3-6-15/h1-3,5-6,8,10,14,17H,4,7,9,11-13H2,(H,23,25)(H,24,26). The third-order valence-electron chi connectivity index (χ3n) is 4.45. The monoisotopic (exact) mass is 370 g/mol. The summed E-state index contributed by atoms with van der Waals surface area (Å²) in [5.74, 6) is -1.02. The third-order valence-corrected chi connectivity index (χ3v) is 4.45. The van der Waals surface area contributed by atoms with Gasteiger partial charge in [-0.3, -0.25) is 9.59 Å². The largest absolute Gasteiger partial charge is 0.378 e. The Hall–Kier alpha value is -2.73. The van der Waals surface area contributed by atoms with Crippen molar-refractivity contribution in [1.82, 2.24) is 0 Å². The van der Waals surface area contributed by atoms with Crippen molar-refractivity contribution in [2.45, 2.75) is 38.2 Å². The molecular formula is C21H23FN2O3. The second-order valence-corrected chi connectivity index (χ2v) is 6.63. The second-order valence-electron chi connectivity index (χ2n) is 6.63. The summed E-state index contributed by atoms with van der Waals surface area (Å²) in [5, 5.41) is 5.31. The number of ether oxygens (including phenoxy) is 1. The smallest absolute Gasteiger partial charge is 0.228 e. The molecule has 6 heteroatoms. The lowest BCUT2D eigenvalue weighted by molar-refractivity contribution is -0.117. The Labute approximate surface area is 157 Å². The summed E-state index contributed by atoms with van der Waals surface area (Å²) < 4.78 is 19.5. The Balaban J connectivity index is 1.55. The molecule has 0 saturated carbocycles. The molecule has 27 heavy (non-hydrogen) atoms. The normalized spacial score (nSPS) is 16.1. The quantitative estimate of drug-likeness (QED) is 0.777. The minimum absolute atomic E-state index is 0.0489. The van der Waals surface area contributed by atoms with Gasteiger partial charge in [-0.1, -0.05) is 30.3 Å². The van der Waals surface area contributed by atoms with E-state index in [2.05, 4.69) is 10.6 Å². The zero-order valence-corrected chi connectivity index (χ0v) is 15.0. The summed E-state index contributed by atoms with van der Waals surface area (Å²) in [6.07, 6.45) is 3.35. The van der Waals surface area contributed by atoms with E-state index in [1.54, 1.807) is 0 Å². The summed E-state index contributed by atoms with van der Waals surface area (Å²) >= 11 is 0. The Morgan fingerprint density at radius 3 is 2.63 bits per heavy atom. The lowest BCUT2D eigenvalue weighted by Crippen LogP contribution is -2.17. The maximum absolute atomic E-state index is 14.0. The van der Waals surface area contributed by atoms with E-state index >= 15 is 0 Å². The van der Waals surface area contributed by atoms with Crippen LogP contribution in [0.4, 0.5) is 15.8 Å². The molecule has 1 atom stereocenters. The Bertz CT molecular complexity index is 789. The van der Waals surface area contributed by atoms with Crippen molar-refractivity contribution in [2.24, 2.45) is 0 Å². The number of benzene rings is 2. The van der Waals surface area contributed by atoms with Crippen molar-refractivity contribution < 1.29 is 18.7 Å². The highest BCUT2D eigenvalue weighted by atomic mass is 19.1. The van der Waals surface area contributed by atoms with Gasteiger partial charge in [0.05, 0.1) is 18.2 Å². The molecule has 142 valence electrons. The molecule has 0 bridgehead atoms. The van der Waals surface area contributed by atoms with Crippen LogP contribution in [0.3, 0.4) is 0 Å². The van der Waals surface area contributed by atoms with E-state index in [1.165, 1.54) is 18.2 Å².